The molecule has 2 aromatic rings. The van der Waals surface area contributed by atoms with E-state index in [2.05, 4.69) is 5.32 Å². The number of hydrogen-bond donors (Lipinski definition) is 2. The number of amides is 1. The first-order valence-electron chi connectivity index (χ1n) is 5.40. The van der Waals surface area contributed by atoms with E-state index in [1.165, 1.54) is 30.5 Å². The molecule has 0 aliphatic heterocycles. The summed E-state index contributed by atoms with van der Waals surface area (Å²) in [5, 5.41) is 7.61. The van der Waals surface area contributed by atoms with E-state index in [4.69, 9.17) is 9.56 Å². The van der Waals surface area contributed by atoms with Crippen molar-refractivity contribution in [3.63, 3.8) is 0 Å². The zero-order valence-electron chi connectivity index (χ0n) is 9.87. The lowest BCUT2D eigenvalue weighted by molar-refractivity contribution is 0.0948. The van der Waals surface area contributed by atoms with Gasteiger partial charge in [-0.3, -0.25) is 4.79 Å². The fraction of sp³-hybridized carbons (Fsp3) is 0.0833. The summed E-state index contributed by atoms with van der Waals surface area (Å²) in [6.45, 7) is 0.267. The van der Waals surface area contributed by atoms with Gasteiger partial charge >= 0.3 is 0 Å². The zero-order chi connectivity index (χ0) is 13.9. The lowest BCUT2D eigenvalue weighted by Gasteiger charge is -2.04. The van der Waals surface area contributed by atoms with E-state index < -0.39 is 10.0 Å². The molecule has 0 radical (unpaired) electrons. The van der Waals surface area contributed by atoms with Gasteiger partial charge in [0.15, 0.2) is 0 Å². The topological polar surface area (TPSA) is 102 Å². The highest BCUT2D eigenvalue weighted by atomic mass is 32.2. The van der Waals surface area contributed by atoms with E-state index in [0.717, 1.165) is 0 Å². The van der Waals surface area contributed by atoms with Gasteiger partial charge in [0.1, 0.15) is 5.76 Å². The summed E-state index contributed by atoms with van der Waals surface area (Å²) >= 11 is 0. The second kappa shape index (κ2) is 5.25. The van der Waals surface area contributed by atoms with E-state index in [-0.39, 0.29) is 17.3 Å². The summed E-state index contributed by atoms with van der Waals surface area (Å²) in [7, 11) is -3.74. The Hall–Kier alpha value is -2.12. The van der Waals surface area contributed by atoms with Gasteiger partial charge in [0.05, 0.1) is 17.7 Å². The number of furan rings is 1. The van der Waals surface area contributed by atoms with Crippen LogP contribution >= 0.6 is 0 Å². The van der Waals surface area contributed by atoms with Gasteiger partial charge in [0.2, 0.25) is 10.0 Å². The second-order valence-electron chi connectivity index (χ2n) is 3.83. The predicted octanol–water partition coefficient (Wildman–Crippen LogP) is 0.857. The van der Waals surface area contributed by atoms with Crippen molar-refractivity contribution >= 4 is 15.9 Å². The number of carbonyl (C=O) groups excluding carboxylic acids is 1. The Kier molecular flexibility index (Phi) is 3.68. The average molecular weight is 280 g/mol. The maximum Gasteiger partial charge on any atom is 0.251 e. The molecule has 6 nitrogen and oxygen atoms in total. The third kappa shape index (κ3) is 3.43. The summed E-state index contributed by atoms with van der Waals surface area (Å²) < 4.78 is 27.2. The number of rotatable bonds is 4. The number of hydrogen-bond acceptors (Lipinski definition) is 4. The molecule has 0 spiro atoms. The van der Waals surface area contributed by atoms with Crippen LogP contribution in [0.4, 0.5) is 0 Å². The van der Waals surface area contributed by atoms with Gasteiger partial charge in [-0.1, -0.05) is 0 Å². The molecule has 0 aliphatic rings. The minimum Gasteiger partial charge on any atom is -0.467 e. The maximum absolute atomic E-state index is 11.8. The van der Waals surface area contributed by atoms with E-state index in [1.807, 2.05) is 0 Å². The molecule has 3 N–H and O–H groups in total. The van der Waals surface area contributed by atoms with Crippen molar-refractivity contribution in [3.05, 3.63) is 54.0 Å². The van der Waals surface area contributed by atoms with Crippen molar-refractivity contribution in [1.29, 1.82) is 0 Å². The SMILES string of the molecule is NS(=O)(=O)c1ccc(C(=O)NCc2ccco2)cc1. The van der Waals surface area contributed by atoms with Crippen LogP contribution in [0, 0.1) is 0 Å². The number of primary sulfonamides is 1. The Morgan fingerprint density at radius 2 is 1.89 bits per heavy atom. The van der Waals surface area contributed by atoms with Crippen molar-refractivity contribution in [3.8, 4) is 0 Å². The average Bonchev–Trinajstić information content (AvgIpc) is 2.88. The van der Waals surface area contributed by atoms with Crippen molar-refractivity contribution in [2.45, 2.75) is 11.4 Å². The molecule has 7 heteroatoms. The number of carbonyl (C=O) groups is 1. The van der Waals surface area contributed by atoms with Gasteiger partial charge in [-0.2, -0.15) is 0 Å². The van der Waals surface area contributed by atoms with E-state index in [0.29, 0.717) is 11.3 Å². The lowest BCUT2D eigenvalue weighted by Crippen LogP contribution is -2.22. The standard InChI is InChI=1S/C12H12N2O4S/c13-19(16,17)11-5-3-9(4-6-11)12(15)14-8-10-2-1-7-18-10/h1-7H,8H2,(H,14,15)(H2,13,16,17). The van der Waals surface area contributed by atoms with Gasteiger partial charge in [-0.15, -0.1) is 0 Å². The summed E-state index contributed by atoms with van der Waals surface area (Å²) in [5.41, 5.74) is 0.346. The van der Waals surface area contributed by atoms with E-state index in [1.54, 1.807) is 12.1 Å². The van der Waals surface area contributed by atoms with Gasteiger partial charge in [0.25, 0.3) is 5.91 Å². The molecule has 0 saturated carbocycles. The van der Waals surface area contributed by atoms with Crippen molar-refractivity contribution < 1.29 is 17.6 Å². The molecule has 0 saturated heterocycles. The van der Waals surface area contributed by atoms with Crippen LogP contribution in [0.2, 0.25) is 0 Å². The van der Waals surface area contributed by atoms with Crippen LogP contribution in [-0.2, 0) is 16.6 Å². The fourth-order valence-corrected chi connectivity index (χ4v) is 1.99. The molecular formula is C12H12N2O4S. The normalized spacial score (nSPS) is 11.2. The monoisotopic (exact) mass is 280 g/mol. The van der Waals surface area contributed by atoms with Gasteiger partial charge in [-0.05, 0) is 36.4 Å². The highest BCUT2D eigenvalue weighted by Gasteiger charge is 2.10. The Labute approximate surface area is 110 Å². The zero-order valence-corrected chi connectivity index (χ0v) is 10.7. The Morgan fingerprint density at radius 1 is 1.21 bits per heavy atom. The first-order valence-corrected chi connectivity index (χ1v) is 6.95. The first kappa shape index (κ1) is 13.3. The molecule has 1 heterocycles. The van der Waals surface area contributed by atoms with Crippen molar-refractivity contribution in [2.75, 3.05) is 0 Å². The van der Waals surface area contributed by atoms with Crippen LogP contribution in [0.3, 0.4) is 0 Å². The molecule has 0 fully saturated rings. The first-order chi connectivity index (χ1) is 8.97. The van der Waals surface area contributed by atoms with Crippen LogP contribution in [0.1, 0.15) is 16.1 Å². The lowest BCUT2D eigenvalue weighted by atomic mass is 10.2. The summed E-state index contributed by atoms with van der Waals surface area (Å²) in [6, 6.07) is 8.84. The van der Waals surface area contributed by atoms with Crippen LogP contribution in [0.25, 0.3) is 0 Å². The minimum atomic E-state index is -3.74. The largest absolute Gasteiger partial charge is 0.467 e. The van der Waals surface area contributed by atoms with Gasteiger partial charge in [0, 0.05) is 5.56 Å². The smallest absolute Gasteiger partial charge is 0.251 e. The maximum atomic E-state index is 11.8. The van der Waals surface area contributed by atoms with E-state index >= 15 is 0 Å². The van der Waals surface area contributed by atoms with E-state index in [9.17, 15) is 13.2 Å². The molecule has 0 bridgehead atoms. The summed E-state index contributed by atoms with van der Waals surface area (Å²) in [5.74, 6) is 0.312. The molecule has 0 unspecified atom stereocenters. The molecule has 1 amide bonds. The van der Waals surface area contributed by atoms with Gasteiger partial charge < -0.3 is 9.73 Å². The molecule has 1 aromatic heterocycles. The number of benzene rings is 1. The highest BCUT2D eigenvalue weighted by Crippen LogP contribution is 2.09. The molecule has 0 atom stereocenters. The number of sulfonamides is 1. The predicted molar refractivity (Wildman–Crippen MR) is 67.7 cm³/mol. The van der Waals surface area contributed by atoms with Crippen LogP contribution in [0.5, 0.6) is 0 Å². The Bertz CT molecular complexity index is 660. The van der Waals surface area contributed by atoms with Crippen molar-refractivity contribution in [2.24, 2.45) is 5.14 Å². The third-order valence-corrected chi connectivity index (χ3v) is 3.38. The van der Waals surface area contributed by atoms with Crippen LogP contribution in [0.15, 0.2) is 52.0 Å². The summed E-state index contributed by atoms with van der Waals surface area (Å²) in [6.07, 6.45) is 1.52. The Balaban J connectivity index is 2.04. The van der Waals surface area contributed by atoms with Crippen LogP contribution in [-0.4, -0.2) is 14.3 Å². The fourth-order valence-electron chi connectivity index (χ4n) is 1.48. The summed E-state index contributed by atoms with van der Waals surface area (Å²) in [4.78, 5) is 11.7. The molecule has 100 valence electrons. The van der Waals surface area contributed by atoms with Gasteiger partial charge in [-0.25, -0.2) is 13.6 Å². The highest BCUT2D eigenvalue weighted by molar-refractivity contribution is 7.89. The Morgan fingerprint density at radius 3 is 2.42 bits per heavy atom. The molecule has 1 aromatic carbocycles. The third-order valence-electron chi connectivity index (χ3n) is 2.45. The second-order valence-corrected chi connectivity index (χ2v) is 5.39. The molecular weight excluding hydrogens is 268 g/mol. The number of nitrogens with two attached hydrogens (primary N) is 1. The quantitative estimate of drug-likeness (QED) is 0.866. The van der Waals surface area contributed by atoms with Crippen LogP contribution < -0.4 is 10.5 Å². The molecule has 0 aliphatic carbocycles. The minimum absolute atomic E-state index is 0.0323. The van der Waals surface area contributed by atoms with Crippen molar-refractivity contribution in [1.82, 2.24) is 5.32 Å². The number of nitrogens with one attached hydrogen (secondary N) is 1. The molecule has 19 heavy (non-hydrogen) atoms. The molecule has 2 rings (SSSR count).